The van der Waals surface area contributed by atoms with Crippen LogP contribution >= 0.6 is 0 Å². The second-order valence-corrected chi connectivity index (χ2v) is 4.61. The second-order valence-electron chi connectivity index (χ2n) is 4.61. The van der Waals surface area contributed by atoms with Gasteiger partial charge in [-0.2, -0.15) is 5.26 Å². The van der Waals surface area contributed by atoms with E-state index in [1.54, 1.807) is 0 Å². The van der Waals surface area contributed by atoms with Crippen molar-refractivity contribution in [3.05, 3.63) is 24.0 Å². The number of hydrogen-bond donors (Lipinski definition) is 1. The van der Waals surface area contributed by atoms with Crippen LogP contribution < -0.4 is 10.1 Å². The first kappa shape index (κ1) is 14.3. The van der Waals surface area contributed by atoms with Crippen molar-refractivity contribution in [2.75, 3.05) is 25.6 Å². The number of carbonyl (C=O) groups is 1. The maximum absolute atomic E-state index is 13.7. The molecule has 20 heavy (non-hydrogen) atoms. The van der Waals surface area contributed by atoms with Crippen molar-refractivity contribution in [2.24, 2.45) is 5.41 Å². The molecule has 1 fully saturated rings. The standard InChI is InChI=1S/C14H15FN2O3/c1-19-10-2-3-11(15)12(8-10)17-13(18)14(9-16)4-6-20-7-5-14/h2-3,8H,4-7H2,1H3,(H,17,18). The highest BCUT2D eigenvalue weighted by molar-refractivity contribution is 5.97. The molecule has 1 aliphatic rings. The third kappa shape index (κ3) is 2.73. The third-order valence-corrected chi connectivity index (χ3v) is 3.42. The van der Waals surface area contributed by atoms with Gasteiger partial charge in [0.15, 0.2) is 0 Å². The van der Waals surface area contributed by atoms with Crippen molar-refractivity contribution in [3.63, 3.8) is 0 Å². The van der Waals surface area contributed by atoms with E-state index in [4.69, 9.17) is 9.47 Å². The second kappa shape index (κ2) is 5.88. The molecule has 2 rings (SSSR count). The fourth-order valence-corrected chi connectivity index (χ4v) is 2.08. The predicted molar refractivity (Wildman–Crippen MR) is 69.7 cm³/mol. The largest absolute Gasteiger partial charge is 0.497 e. The highest BCUT2D eigenvalue weighted by Gasteiger charge is 2.40. The molecule has 0 aromatic heterocycles. The summed E-state index contributed by atoms with van der Waals surface area (Å²) in [4.78, 5) is 12.3. The van der Waals surface area contributed by atoms with Gasteiger partial charge in [0.05, 0.1) is 18.9 Å². The van der Waals surface area contributed by atoms with Crippen molar-refractivity contribution in [3.8, 4) is 11.8 Å². The molecule has 0 aliphatic carbocycles. The van der Waals surface area contributed by atoms with Crippen LogP contribution in [0.4, 0.5) is 10.1 Å². The van der Waals surface area contributed by atoms with E-state index < -0.39 is 17.1 Å². The Kier molecular flexibility index (Phi) is 4.20. The summed E-state index contributed by atoms with van der Waals surface area (Å²) in [5.74, 6) is -0.644. The monoisotopic (exact) mass is 278 g/mol. The van der Waals surface area contributed by atoms with Crippen LogP contribution in [0.25, 0.3) is 0 Å². The molecule has 0 spiro atoms. The van der Waals surface area contributed by atoms with Crippen molar-refractivity contribution < 1.29 is 18.7 Å². The summed E-state index contributed by atoms with van der Waals surface area (Å²) in [7, 11) is 1.45. The fourth-order valence-electron chi connectivity index (χ4n) is 2.08. The quantitative estimate of drug-likeness (QED) is 0.919. The van der Waals surface area contributed by atoms with E-state index in [0.717, 1.165) is 0 Å². The number of ether oxygens (including phenoxy) is 2. The Bertz CT molecular complexity index is 548. The molecule has 0 unspecified atom stereocenters. The normalized spacial score (nSPS) is 17.1. The zero-order valence-corrected chi connectivity index (χ0v) is 11.1. The van der Waals surface area contributed by atoms with Crippen molar-refractivity contribution in [1.29, 1.82) is 5.26 Å². The number of anilines is 1. The van der Waals surface area contributed by atoms with Crippen LogP contribution in [0.2, 0.25) is 0 Å². The van der Waals surface area contributed by atoms with E-state index in [9.17, 15) is 14.4 Å². The van der Waals surface area contributed by atoms with Gasteiger partial charge in [0.25, 0.3) is 0 Å². The molecule has 1 aromatic carbocycles. The van der Waals surface area contributed by atoms with Gasteiger partial charge in [0.1, 0.15) is 17.0 Å². The molecule has 1 saturated heterocycles. The average Bonchev–Trinajstić information content (AvgIpc) is 2.50. The predicted octanol–water partition coefficient (Wildman–Crippen LogP) is 2.09. The van der Waals surface area contributed by atoms with Gasteiger partial charge >= 0.3 is 0 Å². The minimum absolute atomic E-state index is 0.00969. The number of amides is 1. The van der Waals surface area contributed by atoms with Gasteiger partial charge in [-0.15, -0.1) is 0 Å². The molecular formula is C14H15FN2O3. The van der Waals surface area contributed by atoms with Crippen LogP contribution in [-0.4, -0.2) is 26.2 Å². The molecule has 0 atom stereocenters. The molecular weight excluding hydrogens is 263 g/mol. The third-order valence-electron chi connectivity index (χ3n) is 3.42. The molecule has 1 N–H and O–H groups in total. The van der Waals surface area contributed by atoms with E-state index >= 15 is 0 Å². The number of rotatable bonds is 3. The van der Waals surface area contributed by atoms with Gasteiger partial charge in [-0.3, -0.25) is 4.79 Å². The number of nitrogens with one attached hydrogen (secondary N) is 1. The first-order chi connectivity index (χ1) is 9.61. The van der Waals surface area contributed by atoms with E-state index in [1.807, 2.05) is 6.07 Å². The van der Waals surface area contributed by atoms with Crippen LogP contribution in [-0.2, 0) is 9.53 Å². The van der Waals surface area contributed by atoms with Gasteiger partial charge in [0.2, 0.25) is 5.91 Å². The molecule has 5 nitrogen and oxygen atoms in total. The number of carbonyl (C=O) groups excluding carboxylic acids is 1. The summed E-state index contributed by atoms with van der Waals surface area (Å²) in [5, 5.41) is 11.7. The minimum Gasteiger partial charge on any atom is -0.497 e. The summed E-state index contributed by atoms with van der Waals surface area (Å²) in [6, 6.07) is 6.09. The lowest BCUT2D eigenvalue weighted by Crippen LogP contribution is -2.40. The Balaban J connectivity index is 2.20. The smallest absolute Gasteiger partial charge is 0.245 e. The van der Waals surface area contributed by atoms with Gasteiger partial charge in [-0.05, 0) is 25.0 Å². The van der Waals surface area contributed by atoms with Crippen molar-refractivity contribution in [2.45, 2.75) is 12.8 Å². The van der Waals surface area contributed by atoms with E-state index in [-0.39, 0.29) is 5.69 Å². The Morgan fingerprint density at radius 1 is 1.50 bits per heavy atom. The Hall–Kier alpha value is -2.13. The first-order valence-electron chi connectivity index (χ1n) is 6.25. The fraction of sp³-hybridized carbons (Fsp3) is 0.429. The van der Waals surface area contributed by atoms with Gasteiger partial charge in [-0.1, -0.05) is 0 Å². The number of nitriles is 1. The maximum atomic E-state index is 13.7. The Morgan fingerprint density at radius 2 is 2.20 bits per heavy atom. The lowest BCUT2D eigenvalue weighted by atomic mass is 9.81. The number of halogens is 1. The van der Waals surface area contributed by atoms with Crippen LogP contribution in [0.1, 0.15) is 12.8 Å². The van der Waals surface area contributed by atoms with E-state index in [2.05, 4.69) is 5.32 Å². The van der Waals surface area contributed by atoms with Gasteiger partial charge in [0, 0.05) is 19.3 Å². The van der Waals surface area contributed by atoms with E-state index in [0.29, 0.717) is 31.8 Å². The zero-order chi connectivity index (χ0) is 14.6. The van der Waals surface area contributed by atoms with Crippen molar-refractivity contribution >= 4 is 11.6 Å². The molecule has 6 heteroatoms. The number of methoxy groups -OCH3 is 1. The van der Waals surface area contributed by atoms with Crippen LogP contribution in [0.3, 0.4) is 0 Å². The molecule has 1 heterocycles. The topological polar surface area (TPSA) is 71.3 Å². The summed E-state index contributed by atoms with van der Waals surface area (Å²) in [6.45, 7) is 0.698. The lowest BCUT2D eigenvalue weighted by Gasteiger charge is -2.29. The molecule has 0 bridgehead atoms. The van der Waals surface area contributed by atoms with Crippen LogP contribution in [0, 0.1) is 22.6 Å². The molecule has 1 amide bonds. The van der Waals surface area contributed by atoms with Crippen LogP contribution in [0.15, 0.2) is 18.2 Å². The highest BCUT2D eigenvalue weighted by atomic mass is 19.1. The number of hydrogen-bond acceptors (Lipinski definition) is 4. The number of benzene rings is 1. The SMILES string of the molecule is COc1ccc(F)c(NC(=O)C2(C#N)CCOCC2)c1. The summed E-state index contributed by atoms with van der Waals surface area (Å²) >= 11 is 0. The zero-order valence-electron chi connectivity index (χ0n) is 11.1. The summed E-state index contributed by atoms with van der Waals surface area (Å²) in [6.07, 6.45) is 0.613. The van der Waals surface area contributed by atoms with Gasteiger partial charge in [-0.25, -0.2) is 4.39 Å². The number of nitrogens with zero attached hydrogens (tertiary/aromatic N) is 1. The van der Waals surface area contributed by atoms with Gasteiger partial charge < -0.3 is 14.8 Å². The molecule has 1 aliphatic heterocycles. The Labute approximate surface area is 116 Å². The maximum Gasteiger partial charge on any atom is 0.245 e. The summed E-state index contributed by atoms with van der Waals surface area (Å²) in [5.41, 5.74) is -1.15. The average molecular weight is 278 g/mol. The molecule has 106 valence electrons. The molecule has 0 saturated carbocycles. The highest BCUT2D eigenvalue weighted by Crippen LogP contribution is 2.32. The Morgan fingerprint density at radius 3 is 2.80 bits per heavy atom. The summed E-state index contributed by atoms with van der Waals surface area (Å²) < 4.78 is 23.8. The molecule has 1 aromatic rings. The minimum atomic E-state index is -1.16. The van der Waals surface area contributed by atoms with Crippen LogP contribution in [0.5, 0.6) is 5.75 Å². The molecule has 0 radical (unpaired) electrons. The first-order valence-corrected chi connectivity index (χ1v) is 6.25. The lowest BCUT2D eigenvalue weighted by molar-refractivity contribution is -0.126. The van der Waals surface area contributed by atoms with E-state index in [1.165, 1.54) is 25.3 Å². The van der Waals surface area contributed by atoms with Crippen molar-refractivity contribution in [1.82, 2.24) is 0 Å².